The van der Waals surface area contributed by atoms with Gasteiger partial charge in [-0.25, -0.2) is 0 Å². The van der Waals surface area contributed by atoms with E-state index < -0.39 is 0 Å². The summed E-state index contributed by atoms with van der Waals surface area (Å²) in [6.07, 6.45) is 0.523. The second-order valence-corrected chi connectivity index (χ2v) is 9.23. The number of morpholine rings is 1. The lowest BCUT2D eigenvalue weighted by Gasteiger charge is -2.28. The minimum atomic E-state index is -0.122. The molecule has 8 nitrogen and oxygen atoms in total. The molecule has 3 N–H and O–H groups in total. The Balaban J connectivity index is 1.18. The largest absolute Gasteiger partial charge is 0.378 e. The number of aromatic nitrogens is 2. The van der Waals surface area contributed by atoms with Crippen molar-refractivity contribution in [1.29, 1.82) is 0 Å². The third-order valence-corrected chi connectivity index (χ3v) is 6.67. The molecule has 0 unspecified atom stereocenters. The van der Waals surface area contributed by atoms with Gasteiger partial charge in [-0.2, -0.15) is 5.10 Å². The Kier molecular flexibility index (Phi) is 6.55. The Morgan fingerprint density at radius 3 is 2.47 bits per heavy atom. The van der Waals surface area contributed by atoms with Crippen LogP contribution in [0.4, 0.5) is 17.2 Å². The molecule has 0 radical (unpaired) electrons. The fraction of sp³-hybridized carbons (Fsp3) is 0.240. The van der Waals surface area contributed by atoms with Crippen LogP contribution in [0.2, 0.25) is 0 Å². The van der Waals surface area contributed by atoms with Crippen LogP contribution in [0, 0.1) is 0 Å². The van der Waals surface area contributed by atoms with Gasteiger partial charge in [0.1, 0.15) is 10.6 Å². The van der Waals surface area contributed by atoms with E-state index in [1.807, 2.05) is 60.7 Å². The lowest BCUT2D eigenvalue weighted by Crippen LogP contribution is -2.36. The predicted octanol–water partition coefficient (Wildman–Crippen LogP) is 3.82. The van der Waals surface area contributed by atoms with Crippen LogP contribution in [0.1, 0.15) is 10.4 Å². The summed E-state index contributed by atoms with van der Waals surface area (Å²) in [5.74, 6) is 0.335. The van der Waals surface area contributed by atoms with Crippen LogP contribution < -0.4 is 15.5 Å². The number of amides is 2. The van der Waals surface area contributed by atoms with E-state index in [4.69, 9.17) is 4.74 Å². The molecule has 2 aromatic carbocycles. The number of nitrogens with zero attached hydrogens (tertiary/aromatic N) is 2. The smallest absolute Gasteiger partial charge is 0.229 e. The Bertz CT molecular complexity index is 1280. The molecule has 1 aliphatic rings. The van der Waals surface area contributed by atoms with E-state index >= 15 is 0 Å². The third kappa shape index (κ3) is 5.27. The molecule has 0 spiro atoms. The highest BCUT2D eigenvalue weighted by Crippen LogP contribution is 2.30. The molecule has 34 heavy (non-hydrogen) atoms. The van der Waals surface area contributed by atoms with Crippen molar-refractivity contribution in [3.05, 3.63) is 71.1 Å². The van der Waals surface area contributed by atoms with E-state index in [1.54, 1.807) is 0 Å². The van der Waals surface area contributed by atoms with Crippen molar-refractivity contribution in [1.82, 2.24) is 10.2 Å². The third-order valence-electron chi connectivity index (χ3n) is 5.64. The summed E-state index contributed by atoms with van der Waals surface area (Å²) in [7, 11) is 0. The zero-order valence-corrected chi connectivity index (χ0v) is 19.4. The van der Waals surface area contributed by atoms with Crippen LogP contribution in [0.3, 0.4) is 0 Å². The molecule has 5 rings (SSSR count). The molecule has 4 aromatic rings. The van der Waals surface area contributed by atoms with Gasteiger partial charge in [0, 0.05) is 29.3 Å². The van der Waals surface area contributed by atoms with Crippen molar-refractivity contribution in [3.63, 3.8) is 0 Å². The Labute approximate surface area is 200 Å². The highest BCUT2D eigenvalue weighted by Gasteiger charge is 2.15. The average molecular weight is 476 g/mol. The number of aromatic amines is 1. The highest BCUT2D eigenvalue weighted by atomic mass is 32.1. The first-order valence-corrected chi connectivity index (χ1v) is 12.0. The maximum absolute atomic E-state index is 12.6. The molecule has 3 heterocycles. The highest BCUT2D eigenvalue weighted by molar-refractivity contribution is 7.18. The Hall–Kier alpha value is -3.69. The molecule has 174 valence electrons. The second-order valence-electron chi connectivity index (χ2n) is 8.11. The summed E-state index contributed by atoms with van der Waals surface area (Å²) in [6, 6.07) is 19.4. The molecule has 1 saturated heterocycles. The molecule has 1 fully saturated rings. The van der Waals surface area contributed by atoms with Gasteiger partial charge in [0.25, 0.3) is 0 Å². The van der Waals surface area contributed by atoms with Crippen LogP contribution in [-0.2, 0) is 27.2 Å². The molecule has 0 saturated carbocycles. The van der Waals surface area contributed by atoms with Gasteiger partial charge in [0.15, 0.2) is 0 Å². The van der Waals surface area contributed by atoms with Crippen molar-refractivity contribution >= 4 is 50.6 Å². The lowest BCUT2D eigenvalue weighted by atomic mass is 10.1. The molecular formula is C25H25N5O3S. The number of H-pyrrole nitrogens is 1. The molecule has 0 bridgehead atoms. The molecule has 0 aliphatic carbocycles. The first-order chi connectivity index (χ1) is 16.6. The van der Waals surface area contributed by atoms with Crippen molar-refractivity contribution in [2.75, 3.05) is 41.8 Å². The maximum atomic E-state index is 12.6. The minimum absolute atomic E-state index is 0.0957. The quantitative estimate of drug-likeness (QED) is 0.377. The summed E-state index contributed by atoms with van der Waals surface area (Å²) in [4.78, 5) is 28.9. The van der Waals surface area contributed by atoms with Crippen LogP contribution >= 0.6 is 11.3 Å². The van der Waals surface area contributed by atoms with Gasteiger partial charge in [-0.15, -0.1) is 11.3 Å². The van der Waals surface area contributed by atoms with Crippen LogP contribution in [0.5, 0.6) is 0 Å². The summed E-state index contributed by atoms with van der Waals surface area (Å²) >= 11 is 1.44. The monoisotopic (exact) mass is 475 g/mol. The first-order valence-electron chi connectivity index (χ1n) is 11.2. The van der Waals surface area contributed by atoms with E-state index in [0.717, 1.165) is 58.3 Å². The van der Waals surface area contributed by atoms with Crippen molar-refractivity contribution in [2.24, 2.45) is 0 Å². The number of benzene rings is 2. The summed E-state index contributed by atoms with van der Waals surface area (Å²) in [5.41, 5.74) is 2.83. The Morgan fingerprint density at radius 2 is 1.71 bits per heavy atom. The molecule has 2 aromatic heterocycles. The van der Waals surface area contributed by atoms with Crippen LogP contribution in [0.15, 0.2) is 60.7 Å². The lowest BCUT2D eigenvalue weighted by molar-refractivity contribution is -0.116. The van der Waals surface area contributed by atoms with Crippen LogP contribution in [-0.4, -0.2) is 48.3 Å². The number of carbonyl (C=O) groups is 2. The zero-order chi connectivity index (χ0) is 23.3. The number of nitrogens with one attached hydrogen (secondary N) is 3. The van der Waals surface area contributed by atoms with Gasteiger partial charge in [-0.1, -0.05) is 30.3 Å². The van der Waals surface area contributed by atoms with E-state index in [0.29, 0.717) is 5.82 Å². The van der Waals surface area contributed by atoms with Gasteiger partial charge in [-0.3, -0.25) is 14.7 Å². The summed E-state index contributed by atoms with van der Waals surface area (Å²) < 4.78 is 5.40. The molecule has 9 heteroatoms. The van der Waals surface area contributed by atoms with E-state index in [9.17, 15) is 9.59 Å². The molecule has 0 atom stereocenters. The van der Waals surface area contributed by atoms with Gasteiger partial charge in [0.05, 0.1) is 31.4 Å². The first kappa shape index (κ1) is 22.1. The average Bonchev–Trinajstić information content (AvgIpc) is 3.41. The van der Waals surface area contributed by atoms with Gasteiger partial charge in [-0.05, 0) is 35.9 Å². The van der Waals surface area contributed by atoms with Gasteiger partial charge >= 0.3 is 0 Å². The topological polar surface area (TPSA) is 99.3 Å². The fourth-order valence-electron chi connectivity index (χ4n) is 3.95. The van der Waals surface area contributed by atoms with Crippen molar-refractivity contribution < 1.29 is 14.3 Å². The molecular weight excluding hydrogens is 450 g/mol. The Morgan fingerprint density at radius 1 is 0.971 bits per heavy atom. The fourth-order valence-corrected chi connectivity index (χ4v) is 4.94. The molecule has 2 amide bonds. The number of hydrogen-bond donors (Lipinski definition) is 3. The molecule has 1 aliphatic heterocycles. The van der Waals surface area contributed by atoms with Crippen LogP contribution in [0.25, 0.3) is 10.2 Å². The number of fused-ring (bicyclic) bond motifs is 1. The SMILES string of the molecule is O=C(Cc1cc2c(NC(=O)Cc3ccccc3)[nH]nc2s1)Nc1ccc(N2CCOCC2)cc1. The standard InChI is InChI=1S/C25H25N5O3S/c31-22(14-17-4-2-1-3-5-17)27-24-21-15-20(34-25(21)29-28-24)16-23(32)26-18-6-8-19(9-7-18)30-10-12-33-13-11-30/h1-9,15H,10-14,16H2,(H,26,32)(H2,27,28,29,31). The summed E-state index contributed by atoms with van der Waals surface area (Å²) in [6.45, 7) is 3.22. The van der Waals surface area contributed by atoms with E-state index in [1.165, 1.54) is 11.3 Å². The summed E-state index contributed by atoms with van der Waals surface area (Å²) in [5, 5.41) is 13.8. The normalized spacial score (nSPS) is 13.7. The minimum Gasteiger partial charge on any atom is -0.378 e. The number of ether oxygens (including phenoxy) is 1. The second kappa shape index (κ2) is 10.1. The number of carbonyl (C=O) groups excluding carboxylic acids is 2. The number of anilines is 3. The van der Waals surface area contributed by atoms with Gasteiger partial charge < -0.3 is 20.3 Å². The zero-order valence-electron chi connectivity index (χ0n) is 18.5. The maximum Gasteiger partial charge on any atom is 0.229 e. The van der Waals surface area contributed by atoms with Crippen molar-refractivity contribution in [3.8, 4) is 0 Å². The van der Waals surface area contributed by atoms with E-state index in [-0.39, 0.29) is 24.7 Å². The number of hydrogen-bond acceptors (Lipinski definition) is 6. The van der Waals surface area contributed by atoms with E-state index in [2.05, 4.69) is 25.7 Å². The van der Waals surface area contributed by atoms with Crippen molar-refractivity contribution in [2.45, 2.75) is 12.8 Å². The number of thiophene rings is 1. The number of rotatable bonds is 7. The van der Waals surface area contributed by atoms with Gasteiger partial charge in [0.2, 0.25) is 11.8 Å². The predicted molar refractivity (Wildman–Crippen MR) is 135 cm³/mol.